The van der Waals surface area contributed by atoms with E-state index in [0.29, 0.717) is 6.04 Å². The van der Waals surface area contributed by atoms with Crippen molar-refractivity contribution >= 4 is 21.4 Å². The summed E-state index contributed by atoms with van der Waals surface area (Å²) < 4.78 is 3.73. The van der Waals surface area contributed by atoms with Crippen molar-refractivity contribution in [2.45, 2.75) is 19.9 Å². The van der Waals surface area contributed by atoms with Gasteiger partial charge in [-0.3, -0.25) is 0 Å². The van der Waals surface area contributed by atoms with Crippen molar-refractivity contribution in [3.05, 3.63) is 78.0 Å². The predicted molar refractivity (Wildman–Crippen MR) is 101 cm³/mol. The first-order chi connectivity index (χ1) is 11.7. The van der Waals surface area contributed by atoms with Crippen molar-refractivity contribution in [2.24, 2.45) is 0 Å². The van der Waals surface area contributed by atoms with Crippen molar-refractivity contribution < 1.29 is 4.57 Å². The summed E-state index contributed by atoms with van der Waals surface area (Å²) in [6.45, 7) is 4.43. The standard InChI is InChI=1S/C22H18NS/c1-14-6-7-17-13-22(24-21(17)11-14)16-8-9-18-15(2)23-10-4-3-5-20(23)19(18)12-16/h3-13,15H,1-2H3/q+1. The van der Waals surface area contributed by atoms with E-state index in [9.17, 15) is 0 Å². The summed E-state index contributed by atoms with van der Waals surface area (Å²) in [6.07, 6.45) is 2.18. The topological polar surface area (TPSA) is 3.88 Å². The lowest BCUT2D eigenvalue weighted by atomic mass is 10.00. The van der Waals surface area contributed by atoms with Gasteiger partial charge in [-0.05, 0) is 47.7 Å². The van der Waals surface area contributed by atoms with E-state index in [2.05, 4.69) is 85.3 Å². The van der Waals surface area contributed by atoms with Crippen LogP contribution in [0.4, 0.5) is 0 Å². The van der Waals surface area contributed by atoms with Gasteiger partial charge in [0.05, 0.1) is 5.56 Å². The predicted octanol–water partition coefficient (Wildman–Crippen LogP) is 5.75. The number of fused-ring (bicyclic) bond motifs is 4. The molecule has 3 heterocycles. The van der Waals surface area contributed by atoms with E-state index in [1.54, 1.807) is 0 Å². The molecule has 2 aromatic heterocycles. The molecule has 1 aliphatic heterocycles. The molecule has 0 spiro atoms. The molecule has 0 N–H and O–H groups in total. The number of benzene rings is 2. The number of hydrogen-bond donors (Lipinski definition) is 0. The summed E-state index contributed by atoms with van der Waals surface area (Å²) in [7, 11) is 0. The number of aromatic nitrogens is 1. The maximum absolute atomic E-state index is 2.36. The van der Waals surface area contributed by atoms with Crippen molar-refractivity contribution in [1.29, 1.82) is 0 Å². The first-order valence-corrected chi connectivity index (χ1v) is 9.17. The SMILES string of the molecule is Cc1ccc2cc(-c3ccc4c(c3)-c3cccc[n+]3C4C)sc2c1. The van der Waals surface area contributed by atoms with Crippen LogP contribution in [0.15, 0.2) is 66.9 Å². The Morgan fingerprint density at radius 3 is 2.79 bits per heavy atom. The largest absolute Gasteiger partial charge is 0.213 e. The molecular formula is C22H18NS+. The van der Waals surface area contributed by atoms with Crippen molar-refractivity contribution in [3.8, 4) is 21.7 Å². The van der Waals surface area contributed by atoms with Crippen LogP contribution < -0.4 is 4.57 Å². The molecule has 116 valence electrons. The van der Waals surface area contributed by atoms with E-state index in [0.717, 1.165) is 0 Å². The molecule has 2 aromatic carbocycles. The summed E-state index contributed by atoms with van der Waals surface area (Å²) in [6, 6.07) is 22.8. The molecule has 1 atom stereocenters. The van der Waals surface area contributed by atoms with E-state index in [1.807, 2.05) is 11.3 Å². The lowest BCUT2D eigenvalue weighted by molar-refractivity contribution is -0.694. The maximum Gasteiger partial charge on any atom is 0.213 e. The molecular weight excluding hydrogens is 310 g/mol. The molecule has 0 saturated carbocycles. The summed E-state index contributed by atoms with van der Waals surface area (Å²) >= 11 is 1.89. The van der Waals surface area contributed by atoms with Crippen molar-refractivity contribution in [3.63, 3.8) is 0 Å². The summed E-state index contributed by atoms with van der Waals surface area (Å²) in [5.74, 6) is 0. The van der Waals surface area contributed by atoms with E-state index in [-0.39, 0.29) is 0 Å². The quantitative estimate of drug-likeness (QED) is 0.391. The summed E-state index contributed by atoms with van der Waals surface area (Å²) in [5, 5.41) is 1.34. The first kappa shape index (κ1) is 13.9. The molecule has 1 nitrogen and oxygen atoms in total. The number of hydrogen-bond acceptors (Lipinski definition) is 1. The van der Waals surface area contributed by atoms with Crippen LogP contribution in [-0.4, -0.2) is 0 Å². The third-order valence-electron chi connectivity index (χ3n) is 5.05. The fourth-order valence-electron chi connectivity index (χ4n) is 3.75. The monoisotopic (exact) mass is 328 g/mol. The van der Waals surface area contributed by atoms with Gasteiger partial charge in [-0.2, -0.15) is 4.57 Å². The zero-order valence-corrected chi connectivity index (χ0v) is 14.6. The number of rotatable bonds is 1. The van der Waals surface area contributed by atoms with E-state index < -0.39 is 0 Å². The zero-order valence-electron chi connectivity index (χ0n) is 13.8. The second kappa shape index (κ2) is 5.02. The summed E-state index contributed by atoms with van der Waals surface area (Å²) in [4.78, 5) is 1.35. The summed E-state index contributed by atoms with van der Waals surface area (Å²) in [5.41, 5.74) is 6.75. The fourth-order valence-corrected chi connectivity index (χ4v) is 4.91. The zero-order chi connectivity index (χ0) is 16.3. The van der Waals surface area contributed by atoms with E-state index in [1.165, 1.54) is 42.9 Å². The molecule has 0 aliphatic carbocycles. The average Bonchev–Trinajstić information content (AvgIpc) is 3.15. The van der Waals surface area contributed by atoms with Gasteiger partial charge in [0.2, 0.25) is 5.69 Å². The van der Waals surface area contributed by atoms with Crippen LogP contribution in [0.3, 0.4) is 0 Å². The van der Waals surface area contributed by atoms with Crippen LogP contribution >= 0.6 is 11.3 Å². The Hall–Kier alpha value is -2.45. The molecule has 1 unspecified atom stereocenters. The Labute approximate surface area is 145 Å². The maximum atomic E-state index is 2.36. The smallest absolute Gasteiger partial charge is 0.191 e. The first-order valence-electron chi connectivity index (χ1n) is 8.36. The normalized spacial score (nSPS) is 15.5. The Bertz CT molecular complexity index is 1090. The lowest BCUT2D eigenvalue weighted by Crippen LogP contribution is -2.35. The van der Waals surface area contributed by atoms with Gasteiger partial charge in [-0.25, -0.2) is 0 Å². The van der Waals surface area contributed by atoms with Crippen molar-refractivity contribution in [2.75, 3.05) is 0 Å². The molecule has 2 heteroatoms. The number of aryl methyl sites for hydroxylation is 1. The second-order valence-corrected chi connectivity index (χ2v) is 7.71. The molecule has 0 radical (unpaired) electrons. The minimum atomic E-state index is 0.412. The lowest BCUT2D eigenvalue weighted by Gasteiger charge is -2.02. The van der Waals surface area contributed by atoms with Gasteiger partial charge < -0.3 is 0 Å². The third kappa shape index (κ3) is 1.96. The van der Waals surface area contributed by atoms with Gasteiger partial charge in [0, 0.05) is 34.2 Å². The van der Waals surface area contributed by atoms with E-state index in [4.69, 9.17) is 0 Å². The van der Waals surface area contributed by atoms with Gasteiger partial charge in [0.25, 0.3) is 0 Å². The van der Waals surface area contributed by atoms with Crippen LogP contribution in [0.2, 0.25) is 0 Å². The Morgan fingerprint density at radius 2 is 1.88 bits per heavy atom. The fraction of sp³-hybridized carbons (Fsp3) is 0.136. The minimum Gasteiger partial charge on any atom is -0.191 e. The molecule has 4 aromatic rings. The highest BCUT2D eigenvalue weighted by Gasteiger charge is 2.32. The van der Waals surface area contributed by atoms with Gasteiger partial charge in [-0.15, -0.1) is 11.3 Å². The molecule has 0 amide bonds. The minimum absolute atomic E-state index is 0.412. The highest BCUT2D eigenvalue weighted by molar-refractivity contribution is 7.22. The third-order valence-corrected chi connectivity index (χ3v) is 6.19. The molecule has 1 aliphatic rings. The van der Waals surface area contributed by atoms with Gasteiger partial charge >= 0.3 is 0 Å². The molecule has 0 fully saturated rings. The molecule has 24 heavy (non-hydrogen) atoms. The average molecular weight is 328 g/mol. The molecule has 5 rings (SSSR count). The Morgan fingerprint density at radius 1 is 0.958 bits per heavy atom. The van der Waals surface area contributed by atoms with Crippen LogP contribution in [0.1, 0.15) is 24.1 Å². The van der Waals surface area contributed by atoms with Crippen LogP contribution in [0, 0.1) is 6.92 Å². The van der Waals surface area contributed by atoms with Crippen LogP contribution in [-0.2, 0) is 0 Å². The van der Waals surface area contributed by atoms with Gasteiger partial charge in [-0.1, -0.05) is 24.3 Å². The molecule has 0 saturated heterocycles. The second-order valence-electron chi connectivity index (χ2n) is 6.62. The Kier molecular flexibility index (Phi) is 2.92. The van der Waals surface area contributed by atoms with Crippen LogP contribution in [0.5, 0.6) is 0 Å². The molecule has 0 bridgehead atoms. The number of pyridine rings is 1. The van der Waals surface area contributed by atoms with E-state index >= 15 is 0 Å². The highest BCUT2D eigenvalue weighted by Crippen LogP contribution is 2.39. The number of nitrogens with zero attached hydrogens (tertiary/aromatic N) is 1. The van der Waals surface area contributed by atoms with Gasteiger partial charge in [0.15, 0.2) is 12.2 Å². The Balaban J connectivity index is 1.69. The van der Waals surface area contributed by atoms with Crippen molar-refractivity contribution in [1.82, 2.24) is 0 Å². The highest BCUT2D eigenvalue weighted by atomic mass is 32.1. The van der Waals surface area contributed by atoms with Gasteiger partial charge in [0.1, 0.15) is 0 Å². The van der Waals surface area contributed by atoms with Crippen LogP contribution in [0.25, 0.3) is 31.8 Å². The number of thiophene rings is 1.